The summed E-state index contributed by atoms with van der Waals surface area (Å²) in [6.45, 7) is 1.68. The topological polar surface area (TPSA) is 131 Å². The van der Waals surface area contributed by atoms with Crippen LogP contribution in [0.15, 0.2) is 58.2 Å². The van der Waals surface area contributed by atoms with E-state index in [9.17, 15) is 20.0 Å². The van der Waals surface area contributed by atoms with Crippen molar-refractivity contribution in [1.29, 1.82) is 0 Å². The molecule has 9 nitrogen and oxygen atoms in total. The number of nitrogens with zero attached hydrogens (tertiary/aromatic N) is 3. The molecule has 0 saturated carbocycles. The van der Waals surface area contributed by atoms with Gasteiger partial charge in [-0.15, -0.1) is 10.2 Å². The Morgan fingerprint density at radius 1 is 1.19 bits per heavy atom. The first kappa shape index (κ1) is 18.4. The lowest BCUT2D eigenvalue weighted by Crippen LogP contribution is -2.22. The molecule has 0 unspecified atom stereocenters. The molecule has 1 amide bonds. The van der Waals surface area contributed by atoms with Gasteiger partial charge in [0.25, 0.3) is 10.9 Å². The molecule has 3 aromatic rings. The summed E-state index contributed by atoms with van der Waals surface area (Å²) in [7, 11) is 0. The lowest BCUT2D eigenvalue weighted by Gasteiger charge is -2.09. The number of thioether (sulfide) groups is 1. The molecule has 2 aromatic carbocycles. The summed E-state index contributed by atoms with van der Waals surface area (Å²) < 4.78 is 5.53. The number of aromatic nitrogens is 2. The van der Waals surface area contributed by atoms with Crippen LogP contribution in [0.4, 0.5) is 11.4 Å². The molecule has 138 valence electrons. The molecule has 0 aliphatic rings. The van der Waals surface area contributed by atoms with E-state index >= 15 is 0 Å². The van der Waals surface area contributed by atoms with Crippen LogP contribution in [0.25, 0.3) is 11.5 Å². The molecule has 27 heavy (non-hydrogen) atoms. The van der Waals surface area contributed by atoms with Crippen molar-refractivity contribution in [2.45, 2.75) is 17.4 Å². The van der Waals surface area contributed by atoms with E-state index in [1.807, 2.05) is 0 Å². The van der Waals surface area contributed by atoms with Gasteiger partial charge in [0.2, 0.25) is 11.8 Å². The third kappa shape index (κ3) is 4.61. The number of non-ortho nitro benzene ring substituents is 1. The highest BCUT2D eigenvalue weighted by Gasteiger charge is 2.19. The quantitative estimate of drug-likeness (QED) is 0.374. The maximum Gasteiger partial charge on any atom is 0.277 e. The fourth-order valence-electron chi connectivity index (χ4n) is 2.09. The lowest BCUT2D eigenvalue weighted by molar-refractivity contribution is -0.384. The standard InChI is InChI=1S/C17H14N4O5S/c1-10(15(23)18-12-4-6-13(7-5-12)21(24)25)27-17-20-19-16(26-17)11-2-8-14(22)9-3-11/h2-10,22H,1H3,(H,18,23)/t10-/m1/s1. The highest BCUT2D eigenvalue weighted by Crippen LogP contribution is 2.27. The average Bonchev–Trinajstić information content (AvgIpc) is 3.11. The molecule has 0 spiro atoms. The number of nitrogens with one attached hydrogen (secondary N) is 1. The van der Waals surface area contributed by atoms with Crippen molar-refractivity contribution in [3.05, 3.63) is 58.6 Å². The fourth-order valence-corrected chi connectivity index (χ4v) is 2.78. The van der Waals surface area contributed by atoms with E-state index in [1.54, 1.807) is 19.1 Å². The molecule has 0 saturated heterocycles. The largest absolute Gasteiger partial charge is 0.508 e. The summed E-state index contributed by atoms with van der Waals surface area (Å²) >= 11 is 1.09. The lowest BCUT2D eigenvalue weighted by atomic mass is 10.2. The molecule has 1 atom stereocenters. The molecule has 10 heteroatoms. The zero-order valence-electron chi connectivity index (χ0n) is 14.0. The molecular formula is C17H14N4O5S. The van der Waals surface area contributed by atoms with Crippen LogP contribution in [0.2, 0.25) is 0 Å². The molecule has 0 fully saturated rings. The van der Waals surface area contributed by atoms with Crippen LogP contribution in [0.5, 0.6) is 5.75 Å². The number of phenols is 1. The van der Waals surface area contributed by atoms with E-state index in [4.69, 9.17) is 4.42 Å². The number of nitro groups is 1. The summed E-state index contributed by atoms with van der Waals surface area (Å²) in [5.74, 6) is 0.100. The molecule has 1 heterocycles. The van der Waals surface area contributed by atoms with Gasteiger partial charge in [-0.05, 0) is 43.3 Å². The van der Waals surface area contributed by atoms with E-state index in [0.29, 0.717) is 11.3 Å². The molecule has 0 bridgehead atoms. The van der Waals surface area contributed by atoms with Gasteiger partial charge in [-0.25, -0.2) is 0 Å². The van der Waals surface area contributed by atoms with E-state index in [0.717, 1.165) is 11.8 Å². The van der Waals surface area contributed by atoms with Crippen LogP contribution in [-0.4, -0.2) is 31.4 Å². The Morgan fingerprint density at radius 3 is 2.48 bits per heavy atom. The first-order valence-corrected chi connectivity index (χ1v) is 8.65. The summed E-state index contributed by atoms with van der Waals surface area (Å²) in [5, 5.41) is 30.1. The number of rotatable bonds is 6. The van der Waals surface area contributed by atoms with E-state index in [2.05, 4.69) is 15.5 Å². The minimum absolute atomic E-state index is 0.0527. The number of carbonyl (C=O) groups excluding carboxylic acids is 1. The van der Waals surface area contributed by atoms with E-state index < -0.39 is 10.2 Å². The van der Waals surface area contributed by atoms with Crippen LogP contribution >= 0.6 is 11.8 Å². The maximum atomic E-state index is 12.3. The van der Waals surface area contributed by atoms with Crippen molar-refractivity contribution in [2.75, 3.05) is 5.32 Å². The van der Waals surface area contributed by atoms with Crippen molar-refractivity contribution in [3.63, 3.8) is 0 Å². The number of aromatic hydroxyl groups is 1. The molecular weight excluding hydrogens is 372 g/mol. The first-order valence-electron chi connectivity index (χ1n) is 7.77. The number of hydrogen-bond acceptors (Lipinski definition) is 8. The van der Waals surface area contributed by atoms with Gasteiger partial charge in [0.15, 0.2) is 0 Å². The number of amides is 1. The molecule has 0 aliphatic heterocycles. The minimum Gasteiger partial charge on any atom is -0.508 e. The monoisotopic (exact) mass is 386 g/mol. The summed E-state index contributed by atoms with van der Waals surface area (Å²) in [5.41, 5.74) is 1.05. The van der Waals surface area contributed by atoms with Gasteiger partial charge in [-0.2, -0.15) is 0 Å². The van der Waals surface area contributed by atoms with Gasteiger partial charge in [0, 0.05) is 23.4 Å². The van der Waals surface area contributed by atoms with Gasteiger partial charge in [0.05, 0.1) is 10.2 Å². The van der Waals surface area contributed by atoms with Gasteiger partial charge in [-0.3, -0.25) is 14.9 Å². The number of phenolic OH excluding ortho intramolecular Hbond substituents is 1. The normalized spacial score (nSPS) is 11.7. The van der Waals surface area contributed by atoms with Gasteiger partial charge >= 0.3 is 0 Å². The number of hydrogen-bond donors (Lipinski definition) is 2. The Morgan fingerprint density at radius 2 is 1.85 bits per heavy atom. The van der Waals surface area contributed by atoms with Crippen molar-refractivity contribution in [3.8, 4) is 17.2 Å². The minimum atomic E-state index is -0.534. The van der Waals surface area contributed by atoms with Crippen LogP contribution in [0, 0.1) is 10.1 Å². The van der Waals surface area contributed by atoms with Crippen molar-refractivity contribution in [2.24, 2.45) is 0 Å². The second kappa shape index (κ2) is 7.87. The number of anilines is 1. The summed E-state index contributed by atoms with van der Waals surface area (Å²) in [4.78, 5) is 22.4. The van der Waals surface area contributed by atoms with Gasteiger partial charge in [-0.1, -0.05) is 11.8 Å². The van der Waals surface area contributed by atoms with Crippen LogP contribution in [0.3, 0.4) is 0 Å². The second-order valence-electron chi connectivity index (χ2n) is 5.47. The highest BCUT2D eigenvalue weighted by atomic mass is 32.2. The van der Waals surface area contributed by atoms with Crippen LogP contribution in [0.1, 0.15) is 6.92 Å². The van der Waals surface area contributed by atoms with Crippen molar-refractivity contribution < 1.29 is 19.2 Å². The van der Waals surface area contributed by atoms with Crippen molar-refractivity contribution >= 4 is 29.0 Å². The number of carbonyl (C=O) groups is 1. The summed E-state index contributed by atoms with van der Waals surface area (Å²) in [6.07, 6.45) is 0. The molecule has 0 aliphatic carbocycles. The molecule has 0 radical (unpaired) electrons. The fraction of sp³-hybridized carbons (Fsp3) is 0.118. The van der Waals surface area contributed by atoms with Crippen molar-refractivity contribution in [1.82, 2.24) is 10.2 Å². The third-order valence-electron chi connectivity index (χ3n) is 3.51. The Kier molecular flexibility index (Phi) is 5.36. The molecule has 3 rings (SSSR count). The Hall–Kier alpha value is -3.40. The Bertz CT molecular complexity index is 956. The van der Waals surface area contributed by atoms with Crippen LogP contribution < -0.4 is 5.32 Å². The van der Waals surface area contributed by atoms with Gasteiger partial charge in [0.1, 0.15) is 5.75 Å². The van der Waals surface area contributed by atoms with E-state index in [-0.39, 0.29) is 28.5 Å². The smallest absolute Gasteiger partial charge is 0.277 e. The Labute approximate surface area is 157 Å². The molecule has 2 N–H and O–H groups in total. The predicted octanol–water partition coefficient (Wildman–Crippen LogP) is 3.47. The van der Waals surface area contributed by atoms with E-state index in [1.165, 1.54) is 36.4 Å². The van der Waals surface area contributed by atoms with Gasteiger partial charge < -0.3 is 14.8 Å². The first-order chi connectivity index (χ1) is 12.9. The average molecular weight is 386 g/mol. The highest BCUT2D eigenvalue weighted by molar-refractivity contribution is 8.00. The zero-order chi connectivity index (χ0) is 19.4. The predicted molar refractivity (Wildman–Crippen MR) is 98.4 cm³/mol. The third-order valence-corrected chi connectivity index (χ3v) is 4.45. The second-order valence-corrected chi connectivity index (χ2v) is 6.77. The number of nitro benzene ring substituents is 1. The SMILES string of the molecule is C[C@@H](Sc1nnc(-c2ccc(O)cc2)o1)C(=O)Nc1ccc([N+](=O)[O-])cc1. The summed E-state index contributed by atoms with van der Waals surface area (Å²) in [6, 6.07) is 11.8. The molecule has 1 aromatic heterocycles. The zero-order valence-corrected chi connectivity index (χ0v) is 14.8. The number of benzene rings is 2. The Balaban J connectivity index is 1.61. The maximum absolute atomic E-state index is 12.3. The van der Waals surface area contributed by atoms with Crippen LogP contribution in [-0.2, 0) is 4.79 Å².